The molecule has 130 valence electrons. The van der Waals surface area contributed by atoms with Gasteiger partial charge in [0.2, 0.25) is 13.6 Å². The van der Waals surface area contributed by atoms with Crippen molar-refractivity contribution >= 4 is 0 Å². The summed E-state index contributed by atoms with van der Waals surface area (Å²) in [5, 5.41) is 0. The van der Waals surface area contributed by atoms with E-state index in [0.29, 0.717) is 37.3 Å². The lowest BCUT2D eigenvalue weighted by atomic mass is 9.85. The second-order valence-electron chi connectivity index (χ2n) is 7.39. The van der Waals surface area contributed by atoms with Gasteiger partial charge in [-0.2, -0.15) is 0 Å². The lowest BCUT2D eigenvalue weighted by Gasteiger charge is -2.20. The van der Waals surface area contributed by atoms with Gasteiger partial charge in [0.05, 0.1) is 0 Å². The fourth-order valence-electron chi connectivity index (χ4n) is 4.60. The van der Waals surface area contributed by atoms with Gasteiger partial charge in [-0.15, -0.1) is 0 Å². The molecule has 1 saturated carbocycles. The highest BCUT2D eigenvalue weighted by atomic mass is 16.7. The number of hydrogen-bond acceptors (Lipinski definition) is 4. The van der Waals surface area contributed by atoms with Crippen LogP contribution in [0.1, 0.15) is 43.2 Å². The second kappa shape index (κ2) is 5.58. The fraction of sp³-hybridized carbons (Fsp3) is 0.429. The van der Waals surface area contributed by atoms with Crippen molar-refractivity contribution in [2.24, 2.45) is 11.8 Å². The smallest absolute Gasteiger partial charge is 0.231 e. The van der Waals surface area contributed by atoms with E-state index in [4.69, 9.17) is 18.9 Å². The molecule has 0 radical (unpaired) electrons. The first-order valence-corrected chi connectivity index (χ1v) is 9.00. The Morgan fingerprint density at radius 2 is 1.08 bits per heavy atom. The average Bonchev–Trinajstić information content (AvgIpc) is 3.34. The minimum absolute atomic E-state index is 0.329. The first-order chi connectivity index (χ1) is 12.2. The summed E-state index contributed by atoms with van der Waals surface area (Å²) in [6, 6.07) is 12.8. The molecule has 0 amide bonds. The molecule has 4 atom stereocenters. The maximum atomic E-state index is 5.57. The molecule has 3 aliphatic rings. The standard InChI is InChI=1S/C21H22O4/c1-12-13(2)17(15-4-6-19-21(8-15)25-11-23-19)9-16(12)14-3-5-18-20(7-14)24-10-22-18/h3-8,12-13,16-17H,9-11H2,1-2H3. The highest BCUT2D eigenvalue weighted by Crippen LogP contribution is 2.53. The van der Waals surface area contributed by atoms with Gasteiger partial charge in [0.25, 0.3) is 0 Å². The SMILES string of the molecule is CC1C(c2ccc3c(c2)OCO3)CC(c2ccc3c(c2)OCO3)C1C. The zero-order valence-electron chi connectivity index (χ0n) is 14.5. The van der Waals surface area contributed by atoms with Crippen LogP contribution in [-0.2, 0) is 0 Å². The fourth-order valence-corrected chi connectivity index (χ4v) is 4.60. The molecule has 0 spiro atoms. The predicted molar refractivity (Wildman–Crippen MR) is 93.6 cm³/mol. The summed E-state index contributed by atoms with van der Waals surface area (Å²) < 4.78 is 22.0. The van der Waals surface area contributed by atoms with Crippen LogP contribution in [0, 0.1) is 11.8 Å². The average molecular weight is 338 g/mol. The summed E-state index contributed by atoms with van der Waals surface area (Å²) in [6.45, 7) is 5.39. The molecule has 0 bridgehead atoms. The van der Waals surface area contributed by atoms with Gasteiger partial charge in [0, 0.05) is 0 Å². The third kappa shape index (κ3) is 2.35. The molecule has 4 heteroatoms. The van der Waals surface area contributed by atoms with Gasteiger partial charge in [-0.05, 0) is 65.5 Å². The zero-order chi connectivity index (χ0) is 17.0. The topological polar surface area (TPSA) is 36.9 Å². The van der Waals surface area contributed by atoms with Gasteiger partial charge < -0.3 is 18.9 Å². The first-order valence-electron chi connectivity index (χ1n) is 9.00. The molecule has 5 rings (SSSR count). The van der Waals surface area contributed by atoms with Crippen molar-refractivity contribution in [3.8, 4) is 23.0 Å². The molecule has 2 aromatic carbocycles. The van der Waals surface area contributed by atoms with Crippen LogP contribution in [0.25, 0.3) is 0 Å². The van der Waals surface area contributed by atoms with Gasteiger partial charge >= 0.3 is 0 Å². The molecule has 0 N–H and O–H groups in total. The monoisotopic (exact) mass is 338 g/mol. The minimum atomic E-state index is 0.329. The Morgan fingerprint density at radius 1 is 0.640 bits per heavy atom. The van der Waals surface area contributed by atoms with Crippen molar-refractivity contribution in [2.45, 2.75) is 32.1 Å². The molecule has 25 heavy (non-hydrogen) atoms. The van der Waals surface area contributed by atoms with Crippen molar-refractivity contribution in [1.29, 1.82) is 0 Å². The van der Waals surface area contributed by atoms with E-state index in [9.17, 15) is 0 Å². The Hall–Kier alpha value is -2.36. The third-order valence-electron chi connectivity index (χ3n) is 6.26. The van der Waals surface area contributed by atoms with E-state index in [1.807, 2.05) is 12.1 Å². The van der Waals surface area contributed by atoms with Gasteiger partial charge in [-0.25, -0.2) is 0 Å². The van der Waals surface area contributed by atoms with Crippen molar-refractivity contribution < 1.29 is 18.9 Å². The van der Waals surface area contributed by atoms with Crippen molar-refractivity contribution in [3.05, 3.63) is 47.5 Å². The second-order valence-corrected chi connectivity index (χ2v) is 7.39. The molecular weight excluding hydrogens is 316 g/mol. The van der Waals surface area contributed by atoms with Gasteiger partial charge in [0.1, 0.15) is 0 Å². The number of fused-ring (bicyclic) bond motifs is 2. The van der Waals surface area contributed by atoms with Crippen LogP contribution in [0.3, 0.4) is 0 Å². The highest BCUT2D eigenvalue weighted by molar-refractivity contribution is 5.48. The molecule has 0 aromatic heterocycles. The molecule has 0 saturated heterocycles. The lowest BCUT2D eigenvalue weighted by Crippen LogP contribution is -2.09. The summed E-state index contributed by atoms with van der Waals surface area (Å²) in [6.07, 6.45) is 1.14. The zero-order valence-corrected chi connectivity index (χ0v) is 14.5. The Morgan fingerprint density at radius 3 is 1.56 bits per heavy atom. The largest absolute Gasteiger partial charge is 0.454 e. The van der Waals surface area contributed by atoms with E-state index in [1.54, 1.807) is 0 Å². The Balaban J connectivity index is 1.44. The highest BCUT2D eigenvalue weighted by Gasteiger charge is 2.40. The van der Waals surface area contributed by atoms with E-state index in [0.717, 1.165) is 29.4 Å². The van der Waals surface area contributed by atoms with E-state index < -0.39 is 0 Å². The molecule has 4 nitrogen and oxygen atoms in total. The Labute approximate surface area is 147 Å². The lowest BCUT2D eigenvalue weighted by molar-refractivity contribution is 0.173. The number of hydrogen-bond donors (Lipinski definition) is 0. The number of benzene rings is 2. The Kier molecular flexibility index (Phi) is 3.34. The van der Waals surface area contributed by atoms with Crippen LogP contribution < -0.4 is 18.9 Å². The number of rotatable bonds is 2. The quantitative estimate of drug-likeness (QED) is 0.796. The van der Waals surface area contributed by atoms with Crippen LogP contribution >= 0.6 is 0 Å². The molecule has 4 unspecified atom stereocenters. The van der Waals surface area contributed by atoms with Gasteiger partial charge in [-0.1, -0.05) is 26.0 Å². The van der Waals surface area contributed by atoms with Crippen LogP contribution in [0.5, 0.6) is 23.0 Å². The number of ether oxygens (including phenoxy) is 4. The van der Waals surface area contributed by atoms with Crippen LogP contribution in [0.15, 0.2) is 36.4 Å². The molecular formula is C21H22O4. The molecule has 1 fully saturated rings. The van der Waals surface area contributed by atoms with E-state index in [1.165, 1.54) is 11.1 Å². The van der Waals surface area contributed by atoms with Gasteiger partial charge in [0.15, 0.2) is 23.0 Å². The maximum Gasteiger partial charge on any atom is 0.231 e. The van der Waals surface area contributed by atoms with Crippen LogP contribution in [-0.4, -0.2) is 13.6 Å². The maximum absolute atomic E-state index is 5.57. The van der Waals surface area contributed by atoms with E-state index >= 15 is 0 Å². The van der Waals surface area contributed by atoms with Gasteiger partial charge in [-0.3, -0.25) is 0 Å². The summed E-state index contributed by atoms with van der Waals surface area (Å²) >= 11 is 0. The minimum Gasteiger partial charge on any atom is -0.454 e. The molecule has 2 heterocycles. The van der Waals surface area contributed by atoms with Crippen molar-refractivity contribution in [1.82, 2.24) is 0 Å². The third-order valence-corrected chi connectivity index (χ3v) is 6.26. The molecule has 2 aromatic rings. The van der Waals surface area contributed by atoms with E-state index in [-0.39, 0.29) is 0 Å². The van der Waals surface area contributed by atoms with E-state index in [2.05, 4.69) is 38.1 Å². The molecule has 2 aliphatic heterocycles. The predicted octanol–water partition coefficient (Wildman–Crippen LogP) is 4.69. The van der Waals surface area contributed by atoms with Crippen LogP contribution in [0.2, 0.25) is 0 Å². The summed E-state index contributed by atoms with van der Waals surface area (Å²) in [5.41, 5.74) is 2.71. The summed E-state index contributed by atoms with van der Waals surface area (Å²) in [4.78, 5) is 0. The molecule has 1 aliphatic carbocycles. The van der Waals surface area contributed by atoms with Crippen molar-refractivity contribution in [2.75, 3.05) is 13.6 Å². The Bertz CT molecular complexity index is 748. The summed E-state index contributed by atoms with van der Waals surface area (Å²) in [7, 11) is 0. The van der Waals surface area contributed by atoms with Crippen LogP contribution in [0.4, 0.5) is 0 Å². The first kappa shape index (κ1) is 14.9. The van der Waals surface area contributed by atoms with Crippen molar-refractivity contribution in [3.63, 3.8) is 0 Å². The normalized spacial score (nSPS) is 29.2. The summed E-state index contributed by atoms with van der Waals surface area (Å²) in [5.74, 6) is 5.74.